The van der Waals surface area contributed by atoms with Gasteiger partial charge in [-0.25, -0.2) is 13.1 Å². The number of rotatable bonds is 6. The fourth-order valence-electron chi connectivity index (χ4n) is 1.76. The molecule has 0 aliphatic heterocycles. The van der Waals surface area contributed by atoms with Gasteiger partial charge in [-0.3, -0.25) is 0 Å². The molecule has 0 saturated heterocycles. The maximum absolute atomic E-state index is 12.0. The van der Waals surface area contributed by atoms with Crippen LogP contribution in [-0.4, -0.2) is 21.0 Å². The Morgan fingerprint density at radius 2 is 2.11 bits per heavy atom. The Bertz CT molecular complexity index is 519. The van der Waals surface area contributed by atoms with Gasteiger partial charge >= 0.3 is 0 Å². The number of nitrogens with one attached hydrogen (secondary N) is 2. The number of hydrogen-bond donors (Lipinski definition) is 2. The molecule has 2 N–H and O–H groups in total. The Kier molecular flexibility index (Phi) is 3.53. The third-order valence-corrected chi connectivity index (χ3v) is 4.61. The minimum absolute atomic E-state index is 0.00176. The molecule has 1 saturated carbocycles. The van der Waals surface area contributed by atoms with E-state index in [2.05, 4.69) is 10.0 Å². The van der Waals surface area contributed by atoms with Crippen molar-refractivity contribution in [1.29, 1.82) is 0 Å². The average Bonchev–Trinajstić information content (AvgIpc) is 2.71. The van der Waals surface area contributed by atoms with Gasteiger partial charge in [0.1, 0.15) is 5.76 Å². The molecule has 0 radical (unpaired) electrons. The van der Waals surface area contributed by atoms with Crippen molar-refractivity contribution in [2.24, 2.45) is 5.41 Å². The van der Waals surface area contributed by atoms with E-state index in [0.29, 0.717) is 12.3 Å². The van der Waals surface area contributed by atoms with Gasteiger partial charge in [0.25, 0.3) is 10.0 Å². The van der Waals surface area contributed by atoms with Gasteiger partial charge in [-0.1, -0.05) is 20.8 Å². The van der Waals surface area contributed by atoms with Crippen LogP contribution in [0.3, 0.4) is 0 Å². The fraction of sp³-hybridized carbons (Fsp3) is 0.667. The lowest BCUT2D eigenvalue weighted by atomic mass is 10.2. The smallest absolute Gasteiger partial charge is 0.274 e. The first-order valence-corrected chi connectivity index (χ1v) is 7.65. The van der Waals surface area contributed by atoms with Gasteiger partial charge in [-0.2, -0.15) is 0 Å². The van der Waals surface area contributed by atoms with E-state index in [4.69, 9.17) is 4.42 Å². The maximum atomic E-state index is 12.0. The molecule has 1 atom stereocenters. The van der Waals surface area contributed by atoms with E-state index in [1.54, 1.807) is 6.07 Å². The van der Waals surface area contributed by atoms with Crippen molar-refractivity contribution in [1.82, 2.24) is 10.0 Å². The van der Waals surface area contributed by atoms with Gasteiger partial charge in [0.15, 0.2) is 0 Å². The SMILES string of the molecule is CCNCc1ccc(S(=O)(=O)NC2CC2(C)C)o1. The topological polar surface area (TPSA) is 71.3 Å². The van der Waals surface area contributed by atoms with Crippen LogP contribution in [0.4, 0.5) is 0 Å². The zero-order chi connectivity index (χ0) is 13.4. The van der Waals surface area contributed by atoms with Gasteiger partial charge in [0, 0.05) is 6.04 Å². The molecule has 0 amide bonds. The molecule has 0 spiro atoms. The molecule has 1 aliphatic carbocycles. The van der Waals surface area contributed by atoms with Crippen molar-refractivity contribution in [2.45, 2.75) is 44.9 Å². The highest BCUT2D eigenvalue weighted by Crippen LogP contribution is 2.45. The number of sulfonamides is 1. The molecule has 0 bridgehead atoms. The van der Waals surface area contributed by atoms with Crippen molar-refractivity contribution in [3.05, 3.63) is 17.9 Å². The Hall–Kier alpha value is -0.850. The zero-order valence-corrected chi connectivity index (χ0v) is 11.8. The van der Waals surface area contributed by atoms with Crippen LogP contribution in [0.1, 0.15) is 33.0 Å². The molecule has 1 aromatic rings. The Morgan fingerprint density at radius 3 is 2.67 bits per heavy atom. The quantitative estimate of drug-likeness (QED) is 0.822. The van der Waals surface area contributed by atoms with E-state index < -0.39 is 10.0 Å². The van der Waals surface area contributed by atoms with Gasteiger partial charge in [-0.15, -0.1) is 0 Å². The predicted octanol–water partition coefficient (Wildman–Crippen LogP) is 1.47. The van der Waals surface area contributed by atoms with E-state index in [1.807, 2.05) is 20.8 Å². The van der Waals surface area contributed by atoms with Crippen molar-refractivity contribution in [2.75, 3.05) is 6.54 Å². The molecular formula is C12H20N2O3S. The summed E-state index contributed by atoms with van der Waals surface area (Å²) in [5.41, 5.74) is 0.0618. The molecular weight excluding hydrogens is 252 g/mol. The number of furan rings is 1. The molecule has 2 rings (SSSR count). The minimum Gasteiger partial charge on any atom is -0.447 e. The first-order valence-electron chi connectivity index (χ1n) is 6.17. The van der Waals surface area contributed by atoms with Gasteiger partial charge in [0.2, 0.25) is 5.09 Å². The van der Waals surface area contributed by atoms with Crippen LogP contribution in [0, 0.1) is 5.41 Å². The molecule has 5 nitrogen and oxygen atoms in total. The van der Waals surface area contributed by atoms with Crippen LogP contribution in [0.15, 0.2) is 21.6 Å². The Morgan fingerprint density at radius 1 is 1.44 bits per heavy atom. The normalized spacial score (nSPS) is 22.1. The third-order valence-electron chi connectivity index (χ3n) is 3.26. The summed E-state index contributed by atoms with van der Waals surface area (Å²) in [4.78, 5) is 0. The lowest BCUT2D eigenvalue weighted by Crippen LogP contribution is -2.28. The maximum Gasteiger partial charge on any atom is 0.274 e. The minimum atomic E-state index is -3.52. The molecule has 1 aliphatic rings. The molecule has 1 aromatic heterocycles. The Labute approximate surface area is 108 Å². The van der Waals surface area contributed by atoms with Crippen LogP contribution < -0.4 is 10.0 Å². The second-order valence-corrected chi connectivity index (χ2v) is 7.01. The summed E-state index contributed by atoms with van der Waals surface area (Å²) >= 11 is 0. The first kappa shape index (κ1) is 13.6. The summed E-state index contributed by atoms with van der Waals surface area (Å²) < 4.78 is 32.1. The van der Waals surface area contributed by atoms with Crippen molar-refractivity contribution < 1.29 is 12.8 Å². The molecule has 102 valence electrons. The van der Waals surface area contributed by atoms with Crippen LogP contribution in [-0.2, 0) is 16.6 Å². The van der Waals surface area contributed by atoms with Crippen LogP contribution >= 0.6 is 0 Å². The molecule has 1 heterocycles. The van der Waals surface area contributed by atoms with Gasteiger partial charge < -0.3 is 9.73 Å². The van der Waals surface area contributed by atoms with Crippen molar-refractivity contribution in [3.63, 3.8) is 0 Å². The first-order chi connectivity index (χ1) is 8.35. The van der Waals surface area contributed by atoms with Gasteiger partial charge in [-0.05, 0) is 30.5 Å². The largest absolute Gasteiger partial charge is 0.447 e. The lowest BCUT2D eigenvalue weighted by Gasteiger charge is -2.05. The molecule has 0 aromatic carbocycles. The highest BCUT2D eigenvalue weighted by Gasteiger charge is 2.48. The molecule has 6 heteroatoms. The van der Waals surface area contributed by atoms with Crippen LogP contribution in [0.5, 0.6) is 0 Å². The van der Waals surface area contributed by atoms with E-state index >= 15 is 0 Å². The second kappa shape index (κ2) is 4.68. The highest BCUT2D eigenvalue weighted by molar-refractivity contribution is 7.89. The summed E-state index contributed by atoms with van der Waals surface area (Å²) in [6.45, 7) is 7.42. The third kappa shape index (κ3) is 2.93. The number of hydrogen-bond acceptors (Lipinski definition) is 4. The van der Waals surface area contributed by atoms with E-state index in [-0.39, 0.29) is 16.5 Å². The molecule has 18 heavy (non-hydrogen) atoms. The van der Waals surface area contributed by atoms with E-state index in [0.717, 1.165) is 13.0 Å². The van der Waals surface area contributed by atoms with E-state index in [1.165, 1.54) is 6.07 Å². The van der Waals surface area contributed by atoms with Crippen molar-refractivity contribution >= 4 is 10.0 Å². The fourth-order valence-corrected chi connectivity index (χ4v) is 3.12. The standard InChI is InChI=1S/C12H20N2O3S/c1-4-13-8-9-5-6-11(17-9)18(15,16)14-10-7-12(10,2)3/h5-6,10,13-14H,4,7-8H2,1-3H3. The van der Waals surface area contributed by atoms with Gasteiger partial charge in [0.05, 0.1) is 6.54 Å². The average molecular weight is 272 g/mol. The predicted molar refractivity (Wildman–Crippen MR) is 68.6 cm³/mol. The summed E-state index contributed by atoms with van der Waals surface area (Å²) in [6, 6.07) is 3.21. The summed E-state index contributed by atoms with van der Waals surface area (Å²) in [5.74, 6) is 0.632. The monoisotopic (exact) mass is 272 g/mol. The van der Waals surface area contributed by atoms with Crippen molar-refractivity contribution in [3.8, 4) is 0 Å². The highest BCUT2D eigenvalue weighted by atomic mass is 32.2. The second-order valence-electron chi connectivity index (χ2n) is 5.37. The summed E-state index contributed by atoms with van der Waals surface area (Å²) in [6.07, 6.45) is 0.872. The summed E-state index contributed by atoms with van der Waals surface area (Å²) in [5, 5.41) is 3.08. The van der Waals surface area contributed by atoms with Crippen LogP contribution in [0.25, 0.3) is 0 Å². The Balaban J connectivity index is 2.03. The molecule has 1 fully saturated rings. The van der Waals surface area contributed by atoms with E-state index in [9.17, 15) is 8.42 Å². The zero-order valence-electron chi connectivity index (χ0n) is 11.0. The summed E-state index contributed by atoms with van der Waals surface area (Å²) in [7, 11) is -3.52. The lowest BCUT2D eigenvalue weighted by molar-refractivity contribution is 0.400. The van der Waals surface area contributed by atoms with Crippen LogP contribution in [0.2, 0.25) is 0 Å². The molecule has 1 unspecified atom stereocenters.